The maximum atomic E-state index is 3.40. The second-order valence-corrected chi connectivity index (χ2v) is 2.99. The number of hydrogen-bond donors (Lipinski definition) is 1. The average molecular weight is 165 g/mol. The Hall–Kier alpha value is -0.980. The van der Waals surface area contributed by atoms with Crippen LogP contribution in [-0.4, -0.2) is 6.54 Å². The molecule has 0 aliphatic carbocycles. The Morgan fingerprint density at radius 3 is 2.67 bits per heavy atom. The highest BCUT2D eigenvalue weighted by molar-refractivity contribution is 5.57. The lowest BCUT2D eigenvalue weighted by Crippen LogP contribution is -2.02. The van der Waals surface area contributed by atoms with Gasteiger partial charge in [0.05, 0.1) is 0 Å². The number of hydrogen-bond acceptors (Lipinski definition) is 1. The largest absolute Gasteiger partial charge is 0.385 e. The van der Waals surface area contributed by atoms with E-state index in [9.17, 15) is 0 Å². The molecule has 0 heterocycles. The summed E-state index contributed by atoms with van der Waals surface area (Å²) >= 11 is 0. The molecule has 1 rings (SSSR count). The predicted octanol–water partition coefficient (Wildman–Crippen LogP) is 3.24. The van der Waals surface area contributed by atoms with Crippen LogP contribution >= 0.6 is 0 Å². The van der Waals surface area contributed by atoms with Crippen molar-refractivity contribution in [3.8, 4) is 0 Å². The van der Waals surface area contributed by atoms with Crippen LogP contribution in [0.5, 0.6) is 0 Å². The number of aryl methyl sites for hydroxylation is 2. The fourth-order valence-corrected chi connectivity index (χ4v) is 1.45. The van der Waals surface area contributed by atoms with Crippen molar-refractivity contribution in [1.29, 1.82) is 0 Å². The molecule has 0 unspecified atom stereocenters. The Bertz CT molecular complexity index is 258. The average Bonchev–Trinajstić information content (AvgIpc) is 2.09. The fourth-order valence-electron chi connectivity index (χ4n) is 1.45. The van der Waals surface area contributed by atoms with E-state index in [4.69, 9.17) is 0 Å². The topological polar surface area (TPSA) is 12.0 Å². The molecule has 1 N–H and O–H groups in total. The summed E-state index contributed by atoms with van der Waals surface area (Å²) in [5, 5.41) is 3.40. The minimum atomic E-state index is 0. The third kappa shape index (κ3) is 1.79. The van der Waals surface area contributed by atoms with Gasteiger partial charge in [0, 0.05) is 13.7 Å². The first-order chi connectivity index (χ1) is 5.79. The van der Waals surface area contributed by atoms with E-state index in [1.54, 1.807) is 0 Å². The highest BCUT2D eigenvalue weighted by Crippen LogP contribution is 2.20. The van der Waals surface area contributed by atoms with Crippen LogP contribution < -0.4 is 5.32 Å². The van der Waals surface area contributed by atoms with Crippen LogP contribution in [0.1, 0.15) is 26.4 Å². The van der Waals surface area contributed by atoms with E-state index < -0.39 is 0 Å². The standard InChI is InChI=1S/C11H17N.H2/c1-4-10-8-6-7-9(3)11(10)12-5-2;/h6-8,12H,4-5H2,1-3H3;1H. The number of nitrogens with one attached hydrogen (secondary N) is 1. The van der Waals surface area contributed by atoms with Crippen molar-refractivity contribution in [2.75, 3.05) is 11.9 Å². The molecule has 1 aromatic rings. The van der Waals surface area contributed by atoms with Crippen molar-refractivity contribution in [3.05, 3.63) is 29.3 Å². The van der Waals surface area contributed by atoms with Gasteiger partial charge in [0.25, 0.3) is 0 Å². The molecule has 0 aliphatic heterocycles. The normalized spacial score (nSPS) is 9.92. The summed E-state index contributed by atoms with van der Waals surface area (Å²) in [6.45, 7) is 7.47. The molecule has 0 aromatic heterocycles. The number of rotatable bonds is 3. The molecule has 68 valence electrons. The first kappa shape index (κ1) is 9.11. The Morgan fingerprint density at radius 2 is 2.08 bits per heavy atom. The van der Waals surface area contributed by atoms with Crippen molar-refractivity contribution in [3.63, 3.8) is 0 Å². The Labute approximate surface area is 76.3 Å². The molecule has 0 radical (unpaired) electrons. The molecular formula is C11H19N. The zero-order valence-corrected chi connectivity index (χ0v) is 8.15. The third-order valence-electron chi connectivity index (χ3n) is 2.09. The lowest BCUT2D eigenvalue weighted by Gasteiger charge is -2.11. The summed E-state index contributed by atoms with van der Waals surface area (Å²) in [6.07, 6.45) is 1.10. The van der Waals surface area contributed by atoms with Gasteiger partial charge in [0.15, 0.2) is 0 Å². The summed E-state index contributed by atoms with van der Waals surface area (Å²) in [6, 6.07) is 6.46. The van der Waals surface area contributed by atoms with Crippen LogP contribution in [0.25, 0.3) is 0 Å². The predicted molar refractivity (Wildman–Crippen MR) is 56.8 cm³/mol. The second-order valence-electron chi connectivity index (χ2n) is 2.99. The van der Waals surface area contributed by atoms with Gasteiger partial charge >= 0.3 is 0 Å². The van der Waals surface area contributed by atoms with Gasteiger partial charge in [-0.15, -0.1) is 0 Å². The molecule has 0 aliphatic rings. The van der Waals surface area contributed by atoms with Crippen molar-refractivity contribution in [1.82, 2.24) is 0 Å². The SMILES string of the molecule is CCNc1c(C)cccc1CC.[HH]. The van der Waals surface area contributed by atoms with Crippen molar-refractivity contribution in [2.45, 2.75) is 27.2 Å². The van der Waals surface area contributed by atoms with Crippen LogP contribution in [0.3, 0.4) is 0 Å². The number of benzene rings is 1. The first-order valence-electron chi connectivity index (χ1n) is 4.62. The molecule has 0 fully saturated rings. The summed E-state index contributed by atoms with van der Waals surface area (Å²) < 4.78 is 0. The minimum absolute atomic E-state index is 0. The van der Waals surface area contributed by atoms with E-state index in [0.717, 1.165) is 13.0 Å². The lowest BCUT2D eigenvalue weighted by molar-refractivity contribution is 1.10. The quantitative estimate of drug-likeness (QED) is 0.725. The van der Waals surface area contributed by atoms with Gasteiger partial charge in [0.2, 0.25) is 0 Å². The molecule has 0 amide bonds. The van der Waals surface area contributed by atoms with Crippen LogP contribution in [-0.2, 0) is 6.42 Å². The summed E-state index contributed by atoms with van der Waals surface area (Å²) in [4.78, 5) is 0. The highest BCUT2D eigenvalue weighted by atomic mass is 14.9. The van der Waals surface area contributed by atoms with Crippen molar-refractivity contribution >= 4 is 5.69 Å². The zero-order valence-electron chi connectivity index (χ0n) is 8.15. The van der Waals surface area contributed by atoms with Gasteiger partial charge in [-0.2, -0.15) is 0 Å². The summed E-state index contributed by atoms with van der Waals surface area (Å²) in [7, 11) is 0. The molecule has 0 saturated heterocycles. The molecule has 0 atom stereocenters. The lowest BCUT2D eigenvalue weighted by atomic mass is 10.1. The highest BCUT2D eigenvalue weighted by Gasteiger charge is 2.00. The van der Waals surface area contributed by atoms with E-state index in [-0.39, 0.29) is 1.43 Å². The molecule has 12 heavy (non-hydrogen) atoms. The Kier molecular flexibility index (Phi) is 3.15. The molecule has 1 nitrogen and oxygen atoms in total. The van der Waals surface area contributed by atoms with Gasteiger partial charge in [-0.05, 0) is 31.4 Å². The van der Waals surface area contributed by atoms with Crippen LogP contribution in [0.4, 0.5) is 5.69 Å². The van der Waals surface area contributed by atoms with Crippen LogP contribution in [0.15, 0.2) is 18.2 Å². The number of para-hydroxylation sites is 1. The molecule has 1 heteroatoms. The molecule has 1 aromatic carbocycles. The maximum absolute atomic E-state index is 3.40. The van der Waals surface area contributed by atoms with E-state index in [1.807, 2.05) is 0 Å². The summed E-state index contributed by atoms with van der Waals surface area (Å²) in [5.41, 5.74) is 4.08. The van der Waals surface area contributed by atoms with Crippen LogP contribution in [0.2, 0.25) is 0 Å². The van der Waals surface area contributed by atoms with Gasteiger partial charge in [-0.3, -0.25) is 0 Å². The zero-order chi connectivity index (χ0) is 8.97. The van der Waals surface area contributed by atoms with E-state index in [2.05, 4.69) is 44.3 Å². The van der Waals surface area contributed by atoms with Gasteiger partial charge in [-0.1, -0.05) is 25.1 Å². The van der Waals surface area contributed by atoms with Gasteiger partial charge in [0.1, 0.15) is 0 Å². The van der Waals surface area contributed by atoms with Crippen molar-refractivity contribution in [2.24, 2.45) is 0 Å². The number of anilines is 1. The van der Waals surface area contributed by atoms with Gasteiger partial charge < -0.3 is 5.32 Å². The van der Waals surface area contributed by atoms with E-state index >= 15 is 0 Å². The molecule has 0 saturated carbocycles. The Balaban J connectivity index is 0.00000144. The minimum Gasteiger partial charge on any atom is -0.385 e. The van der Waals surface area contributed by atoms with Crippen molar-refractivity contribution < 1.29 is 1.43 Å². The first-order valence-corrected chi connectivity index (χ1v) is 4.62. The van der Waals surface area contributed by atoms with Gasteiger partial charge in [-0.25, -0.2) is 0 Å². The monoisotopic (exact) mass is 165 g/mol. The maximum Gasteiger partial charge on any atom is 0.0402 e. The van der Waals surface area contributed by atoms with E-state index in [1.165, 1.54) is 16.8 Å². The summed E-state index contributed by atoms with van der Waals surface area (Å²) in [5.74, 6) is 0. The second kappa shape index (κ2) is 4.15. The fraction of sp³-hybridized carbons (Fsp3) is 0.455. The molecule has 0 spiro atoms. The van der Waals surface area contributed by atoms with Crippen LogP contribution in [0, 0.1) is 6.92 Å². The van der Waals surface area contributed by atoms with E-state index in [0.29, 0.717) is 0 Å². The molecular weight excluding hydrogens is 146 g/mol. The Morgan fingerprint density at radius 1 is 1.33 bits per heavy atom. The third-order valence-corrected chi connectivity index (χ3v) is 2.09. The smallest absolute Gasteiger partial charge is 0.0402 e. The molecule has 0 bridgehead atoms.